The fourth-order valence-corrected chi connectivity index (χ4v) is 1.58. The molecular weight excluding hydrogens is 270 g/mol. The van der Waals surface area contributed by atoms with E-state index < -0.39 is 0 Å². The first-order valence-corrected chi connectivity index (χ1v) is 6.52. The maximum Gasteiger partial charge on any atom is 0.254 e. The van der Waals surface area contributed by atoms with Gasteiger partial charge in [0.15, 0.2) is 0 Å². The number of nitrogens with zero attached hydrogens (tertiary/aromatic N) is 3. The van der Waals surface area contributed by atoms with Gasteiger partial charge in [-0.1, -0.05) is 6.07 Å². The second-order valence-electron chi connectivity index (χ2n) is 4.22. The van der Waals surface area contributed by atoms with E-state index in [1.807, 2.05) is 18.2 Å². The number of hydrogen-bond donors (Lipinski definition) is 2. The van der Waals surface area contributed by atoms with Crippen LogP contribution in [0.5, 0.6) is 0 Å². The van der Waals surface area contributed by atoms with Crippen molar-refractivity contribution in [3.8, 4) is 0 Å². The van der Waals surface area contributed by atoms with Gasteiger partial charge in [0.1, 0.15) is 0 Å². The zero-order chi connectivity index (χ0) is 14.9. The van der Waals surface area contributed by atoms with Gasteiger partial charge in [0.05, 0.1) is 24.4 Å². The molecule has 0 spiro atoms. The van der Waals surface area contributed by atoms with Gasteiger partial charge < -0.3 is 15.4 Å². The van der Waals surface area contributed by atoms with Crippen molar-refractivity contribution in [1.29, 1.82) is 0 Å². The van der Waals surface area contributed by atoms with E-state index in [0.717, 1.165) is 5.69 Å². The quantitative estimate of drug-likeness (QED) is 0.734. The normalized spacial score (nSPS) is 10.1. The van der Waals surface area contributed by atoms with Gasteiger partial charge >= 0.3 is 0 Å². The maximum absolute atomic E-state index is 11.9. The third kappa shape index (κ3) is 4.81. The number of nitrogens with one attached hydrogen (secondary N) is 2. The molecule has 0 aliphatic carbocycles. The van der Waals surface area contributed by atoms with Crippen LogP contribution in [0.15, 0.2) is 36.8 Å². The van der Waals surface area contributed by atoms with E-state index in [1.54, 1.807) is 13.3 Å². The van der Waals surface area contributed by atoms with Crippen LogP contribution in [-0.4, -0.2) is 41.1 Å². The topological polar surface area (TPSA) is 89.0 Å². The molecule has 7 heteroatoms. The molecule has 7 nitrogen and oxygen atoms in total. The SMILES string of the molecule is COCCNc1ncc(C(=O)NCc2ccccn2)cn1. The molecule has 0 aliphatic rings. The highest BCUT2D eigenvalue weighted by Crippen LogP contribution is 2.01. The van der Waals surface area contributed by atoms with Crippen LogP contribution in [0.2, 0.25) is 0 Å². The number of carbonyl (C=O) groups excluding carboxylic acids is 1. The molecule has 2 N–H and O–H groups in total. The summed E-state index contributed by atoms with van der Waals surface area (Å²) >= 11 is 0. The number of pyridine rings is 1. The minimum Gasteiger partial charge on any atom is -0.383 e. The molecule has 0 aromatic carbocycles. The van der Waals surface area contributed by atoms with Gasteiger partial charge in [-0.15, -0.1) is 0 Å². The van der Waals surface area contributed by atoms with E-state index in [9.17, 15) is 4.79 Å². The zero-order valence-corrected chi connectivity index (χ0v) is 11.7. The number of carbonyl (C=O) groups is 1. The summed E-state index contributed by atoms with van der Waals surface area (Å²) in [4.78, 5) is 24.2. The van der Waals surface area contributed by atoms with Gasteiger partial charge in [-0.3, -0.25) is 9.78 Å². The zero-order valence-electron chi connectivity index (χ0n) is 11.7. The van der Waals surface area contributed by atoms with E-state index >= 15 is 0 Å². The highest BCUT2D eigenvalue weighted by Gasteiger charge is 2.07. The molecule has 0 radical (unpaired) electrons. The molecule has 21 heavy (non-hydrogen) atoms. The molecule has 2 heterocycles. The van der Waals surface area contributed by atoms with Crippen molar-refractivity contribution in [1.82, 2.24) is 20.3 Å². The Morgan fingerprint density at radius 3 is 2.71 bits per heavy atom. The van der Waals surface area contributed by atoms with Gasteiger partial charge in [0.2, 0.25) is 5.95 Å². The molecule has 2 rings (SSSR count). The molecule has 0 fully saturated rings. The predicted octanol–water partition coefficient (Wildman–Crippen LogP) is 0.860. The fraction of sp³-hybridized carbons (Fsp3) is 0.286. The summed E-state index contributed by atoms with van der Waals surface area (Å²) in [5.41, 5.74) is 1.20. The number of aromatic nitrogens is 3. The molecule has 1 amide bonds. The first-order valence-electron chi connectivity index (χ1n) is 6.52. The van der Waals surface area contributed by atoms with Crippen molar-refractivity contribution in [3.63, 3.8) is 0 Å². The molecule has 0 aliphatic heterocycles. The van der Waals surface area contributed by atoms with Crippen LogP contribution >= 0.6 is 0 Å². The van der Waals surface area contributed by atoms with E-state index in [4.69, 9.17) is 4.74 Å². The molecular formula is C14H17N5O2. The summed E-state index contributed by atoms with van der Waals surface area (Å²) in [5.74, 6) is 0.234. The van der Waals surface area contributed by atoms with E-state index in [0.29, 0.717) is 31.2 Å². The average Bonchev–Trinajstić information content (AvgIpc) is 2.54. The molecule has 0 saturated heterocycles. The Balaban J connectivity index is 1.85. The van der Waals surface area contributed by atoms with Gasteiger partial charge in [-0.2, -0.15) is 0 Å². The summed E-state index contributed by atoms with van der Waals surface area (Å²) in [7, 11) is 1.62. The summed E-state index contributed by atoms with van der Waals surface area (Å²) < 4.78 is 4.91. The Hall–Kier alpha value is -2.54. The van der Waals surface area contributed by atoms with Crippen LogP contribution < -0.4 is 10.6 Å². The molecule has 2 aromatic heterocycles. The molecule has 0 unspecified atom stereocenters. The second kappa shape index (κ2) is 7.91. The summed E-state index contributed by atoms with van der Waals surface area (Å²) in [6.45, 7) is 1.55. The Morgan fingerprint density at radius 1 is 1.24 bits per heavy atom. The van der Waals surface area contributed by atoms with Crippen molar-refractivity contribution in [2.45, 2.75) is 6.54 Å². The number of rotatable bonds is 7. The van der Waals surface area contributed by atoms with Crippen LogP contribution in [0.4, 0.5) is 5.95 Å². The Labute approximate surface area is 122 Å². The van der Waals surface area contributed by atoms with Gasteiger partial charge in [-0.05, 0) is 12.1 Å². The van der Waals surface area contributed by atoms with Crippen LogP contribution in [-0.2, 0) is 11.3 Å². The van der Waals surface area contributed by atoms with Crippen LogP contribution in [0.25, 0.3) is 0 Å². The largest absolute Gasteiger partial charge is 0.383 e. The molecule has 0 saturated carbocycles. The monoisotopic (exact) mass is 287 g/mol. The second-order valence-corrected chi connectivity index (χ2v) is 4.22. The Morgan fingerprint density at radius 2 is 2.05 bits per heavy atom. The third-order valence-corrected chi connectivity index (χ3v) is 2.66. The number of methoxy groups -OCH3 is 1. The minimum atomic E-state index is -0.232. The highest BCUT2D eigenvalue weighted by molar-refractivity contribution is 5.93. The fourth-order valence-electron chi connectivity index (χ4n) is 1.58. The number of ether oxygens (including phenoxy) is 1. The Bertz CT molecular complexity index is 559. The first kappa shape index (κ1) is 14.9. The van der Waals surface area contributed by atoms with Gasteiger partial charge in [0, 0.05) is 32.2 Å². The minimum absolute atomic E-state index is 0.232. The van der Waals surface area contributed by atoms with Crippen LogP contribution in [0.1, 0.15) is 16.1 Å². The number of hydrogen-bond acceptors (Lipinski definition) is 6. The van der Waals surface area contributed by atoms with Crippen LogP contribution in [0.3, 0.4) is 0 Å². The lowest BCUT2D eigenvalue weighted by Crippen LogP contribution is -2.23. The lowest BCUT2D eigenvalue weighted by atomic mass is 10.3. The van der Waals surface area contributed by atoms with Crippen LogP contribution in [0, 0.1) is 0 Å². The van der Waals surface area contributed by atoms with Crippen molar-refractivity contribution >= 4 is 11.9 Å². The summed E-state index contributed by atoms with van der Waals surface area (Å²) in [5, 5.41) is 5.75. The lowest BCUT2D eigenvalue weighted by Gasteiger charge is -2.06. The summed E-state index contributed by atoms with van der Waals surface area (Å²) in [6, 6.07) is 5.55. The van der Waals surface area contributed by atoms with Crippen molar-refractivity contribution in [2.24, 2.45) is 0 Å². The predicted molar refractivity (Wildman–Crippen MR) is 77.8 cm³/mol. The smallest absolute Gasteiger partial charge is 0.254 e. The van der Waals surface area contributed by atoms with Crippen molar-refractivity contribution in [3.05, 3.63) is 48.0 Å². The average molecular weight is 287 g/mol. The molecule has 2 aromatic rings. The molecule has 0 bridgehead atoms. The molecule has 110 valence electrons. The standard InChI is InChI=1S/C14H17N5O2/c1-21-7-6-16-14-18-8-11(9-19-14)13(20)17-10-12-4-2-3-5-15-12/h2-5,8-9H,6-7,10H2,1H3,(H,17,20)(H,16,18,19). The van der Waals surface area contributed by atoms with E-state index in [2.05, 4.69) is 25.6 Å². The van der Waals surface area contributed by atoms with Gasteiger partial charge in [0.25, 0.3) is 5.91 Å². The molecule has 0 atom stereocenters. The Kier molecular flexibility index (Phi) is 5.60. The highest BCUT2D eigenvalue weighted by atomic mass is 16.5. The maximum atomic E-state index is 11.9. The first-order chi connectivity index (χ1) is 10.3. The van der Waals surface area contributed by atoms with Crippen molar-refractivity contribution in [2.75, 3.05) is 25.6 Å². The summed E-state index contributed by atoms with van der Waals surface area (Å²) in [6.07, 6.45) is 4.65. The number of anilines is 1. The van der Waals surface area contributed by atoms with Crippen molar-refractivity contribution < 1.29 is 9.53 Å². The number of amides is 1. The van der Waals surface area contributed by atoms with E-state index in [1.165, 1.54) is 12.4 Å². The lowest BCUT2D eigenvalue weighted by molar-refractivity contribution is 0.0949. The van der Waals surface area contributed by atoms with Gasteiger partial charge in [-0.25, -0.2) is 9.97 Å². The van der Waals surface area contributed by atoms with E-state index in [-0.39, 0.29) is 5.91 Å². The third-order valence-electron chi connectivity index (χ3n) is 2.66.